The van der Waals surface area contributed by atoms with E-state index in [1.54, 1.807) is 0 Å². The van der Waals surface area contributed by atoms with E-state index in [0.717, 1.165) is 25.7 Å². The molecule has 0 aliphatic rings. The van der Waals surface area contributed by atoms with Crippen LogP contribution in [0.4, 0.5) is 0 Å². The second-order valence-electron chi connectivity index (χ2n) is 9.02. The van der Waals surface area contributed by atoms with Crippen LogP contribution >= 0.6 is 0 Å². The number of rotatable bonds is 25. The average molecular weight is 617 g/mol. The molecular weight excluding hydrogens is 571 g/mol. The number of ether oxygens (including phenoxy) is 2. The van der Waals surface area contributed by atoms with Gasteiger partial charge in [0, 0.05) is 13.0 Å². The van der Waals surface area contributed by atoms with Crippen molar-refractivity contribution in [2.24, 2.45) is 0 Å². The molecule has 0 radical (unpaired) electrons. The van der Waals surface area contributed by atoms with Crippen molar-refractivity contribution < 1.29 is 131 Å². The van der Waals surface area contributed by atoms with E-state index < -0.39 is 33.7 Å². The van der Waals surface area contributed by atoms with Gasteiger partial charge in [0.1, 0.15) is 16.7 Å². The molecule has 0 saturated heterocycles. The van der Waals surface area contributed by atoms with E-state index in [-0.39, 0.29) is 114 Å². The van der Waals surface area contributed by atoms with Crippen LogP contribution in [0.3, 0.4) is 0 Å². The Morgan fingerprint density at radius 1 is 0.800 bits per heavy atom. The Labute approximate surface area is 307 Å². The third-order valence-electron chi connectivity index (χ3n) is 5.69. The SMILES string of the molecule is CCCCCCCCC=CCCCCCCCC(=O)NCCOCCOC(=O)CC(C(=O)[O-])S(=O)(=O)[O-].[Na+].[Na+].[Na+]. The Bertz CT molecular complexity index is 769. The van der Waals surface area contributed by atoms with Gasteiger partial charge in [-0.1, -0.05) is 70.4 Å². The van der Waals surface area contributed by atoms with Crippen molar-refractivity contribution in [3.63, 3.8) is 0 Å². The molecule has 0 spiro atoms. The van der Waals surface area contributed by atoms with Crippen LogP contribution in [0.1, 0.15) is 103 Å². The maximum atomic E-state index is 11.8. The van der Waals surface area contributed by atoms with Gasteiger partial charge in [-0.2, -0.15) is 0 Å². The summed E-state index contributed by atoms with van der Waals surface area (Å²) in [5.41, 5.74) is 0. The minimum absolute atomic E-state index is 0. The minimum atomic E-state index is -5.22. The van der Waals surface area contributed by atoms with Crippen molar-refractivity contribution in [1.29, 1.82) is 0 Å². The molecule has 216 valence electrons. The van der Waals surface area contributed by atoms with Gasteiger partial charge in [0.2, 0.25) is 5.91 Å². The number of allylic oxidation sites excluding steroid dienone is 2. The van der Waals surface area contributed by atoms with E-state index in [9.17, 15) is 32.5 Å². The van der Waals surface area contributed by atoms with Crippen LogP contribution in [-0.2, 0) is 34.0 Å². The zero-order valence-electron chi connectivity index (χ0n) is 25.2. The second-order valence-corrected chi connectivity index (χ2v) is 10.6. The molecule has 1 atom stereocenters. The molecule has 14 heteroatoms. The van der Waals surface area contributed by atoms with Gasteiger partial charge in [0.15, 0.2) is 0 Å². The van der Waals surface area contributed by atoms with Gasteiger partial charge in [-0.3, -0.25) is 9.59 Å². The zero-order chi connectivity index (χ0) is 27.8. The molecule has 0 bridgehead atoms. The van der Waals surface area contributed by atoms with Gasteiger partial charge in [0.25, 0.3) is 0 Å². The summed E-state index contributed by atoms with van der Waals surface area (Å²) in [5.74, 6) is -3.37. The number of carbonyl (C=O) groups is 3. The van der Waals surface area contributed by atoms with Crippen LogP contribution in [0.25, 0.3) is 0 Å². The molecule has 0 fully saturated rings. The van der Waals surface area contributed by atoms with E-state index in [0.29, 0.717) is 13.0 Å². The van der Waals surface area contributed by atoms with Gasteiger partial charge in [-0.25, -0.2) is 8.42 Å². The first-order valence-electron chi connectivity index (χ1n) is 13.5. The predicted molar refractivity (Wildman–Crippen MR) is 137 cm³/mol. The number of amides is 1. The molecule has 1 amide bonds. The quantitative estimate of drug-likeness (QED) is 0.0346. The molecule has 0 aromatic heterocycles. The van der Waals surface area contributed by atoms with Gasteiger partial charge >= 0.3 is 94.6 Å². The van der Waals surface area contributed by atoms with Crippen LogP contribution in [0.15, 0.2) is 12.2 Å². The number of nitrogens with one attached hydrogen (secondary N) is 1. The van der Waals surface area contributed by atoms with E-state index in [1.165, 1.54) is 57.8 Å². The number of unbranched alkanes of at least 4 members (excludes halogenated alkanes) is 11. The van der Waals surface area contributed by atoms with Gasteiger partial charge in [-0.05, 0) is 32.1 Å². The number of hydrogen-bond donors (Lipinski definition) is 1. The second kappa shape index (κ2) is 32.9. The van der Waals surface area contributed by atoms with Crippen LogP contribution in [0.2, 0.25) is 0 Å². The Morgan fingerprint density at radius 2 is 1.32 bits per heavy atom. The van der Waals surface area contributed by atoms with Crippen LogP contribution in [0, 0.1) is 0 Å². The number of carbonyl (C=O) groups excluding carboxylic acids is 3. The van der Waals surface area contributed by atoms with Gasteiger partial charge in [0.05, 0.1) is 30.9 Å². The summed E-state index contributed by atoms with van der Waals surface area (Å²) in [6, 6.07) is 0. The Balaban J connectivity index is -0.00000216. The average Bonchev–Trinajstić information content (AvgIpc) is 2.83. The van der Waals surface area contributed by atoms with E-state index in [2.05, 4.69) is 29.1 Å². The minimum Gasteiger partial charge on any atom is -0.747 e. The van der Waals surface area contributed by atoms with Gasteiger partial charge in [-0.15, -0.1) is 0 Å². The number of esters is 1. The molecule has 0 rings (SSSR count). The Hall–Kier alpha value is 1.02. The first-order valence-corrected chi connectivity index (χ1v) is 15.0. The van der Waals surface area contributed by atoms with Gasteiger partial charge < -0.3 is 29.2 Å². The molecule has 40 heavy (non-hydrogen) atoms. The van der Waals surface area contributed by atoms with Crippen molar-refractivity contribution in [1.82, 2.24) is 5.32 Å². The van der Waals surface area contributed by atoms with E-state index in [1.807, 2.05) is 0 Å². The molecule has 0 aromatic rings. The molecule has 1 unspecified atom stereocenters. The van der Waals surface area contributed by atoms with Crippen LogP contribution in [0.5, 0.6) is 0 Å². The predicted octanol–water partition coefficient (Wildman–Crippen LogP) is -6.23. The fraction of sp³-hybridized carbons (Fsp3) is 0.808. The fourth-order valence-electron chi connectivity index (χ4n) is 3.54. The summed E-state index contributed by atoms with van der Waals surface area (Å²) >= 11 is 0. The third kappa shape index (κ3) is 31.9. The zero-order valence-corrected chi connectivity index (χ0v) is 32.1. The molecular formula is C26H45NNa3O9S+. The standard InChI is InChI=1S/C26H47NO9S.3Na/c1-2-3-4-5-6-7-8-9-10-11-12-13-14-15-16-17-24(28)27-18-19-35-20-21-36-25(29)22-23(26(30)31)37(32,33)34;;;/h9-10,23H,2-8,11-22H2,1H3,(H,27,28)(H,30,31)(H,32,33,34);;;/q;3*+1/p-2. The summed E-state index contributed by atoms with van der Waals surface area (Å²) < 4.78 is 42.1. The normalized spacial score (nSPS) is 11.6. The molecule has 0 aromatic carbocycles. The summed E-state index contributed by atoms with van der Waals surface area (Å²) in [7, 11) is -5.22. The molecule has 0 heterocycles. The Morgan fingerprint density at radius 3 is 1.85 bits per heavy atom. The topological polar surface area (TPSA) is 162 Å². The first kappa shape index (κ1) is 47.9. The summed E-state index contributed by atoms with van der Waals surface area (Å²) in [5, 5.41) is 10.9. The summed E-state index contributed by atoms with van der Waals surface area (Å²) in [6.07, 6.45) is 19.5. The first-order chi connectivity index (χ1) is 17.7. The fourth-order valence-corrected chi connectivity index (χ4v) is 4.11. The van der Waals surface area contributed by atoms with Crippen molar-refractivity contribution in [2.45, 2.75) is 108 Å². The molecule has 0 saturated carbocycles. The third-order valence-corrected chi connectivity index (χ3v) is 6.74. The smallest absolute Gasteiger partial charge is 0.747 e. The maximum Gasteiger partial charge on any atom is 1.00 e. The van der Waals surface area contributed by atoms with E-state index >= 15 is 0 Å². The van der Waals surface area contributed by atoms with E-state index in [4.69, 9.17) is 4.74 Å². The molecule has 0 aliphatic heterocycles. The van der Waals surface area contributed by atoms with Crippen LogP contribution < -0.4 is 99.1 Å². The van der Waals surface area contributed by atoms with Crippen molar-refractivity contribution in [2.75, 3.05) is 26.4 Å². The largest absolute Gasteiger partial charge is 1.00 e. The van der Waals surface area contributed by atoms with Crippen molar-refractivity contribution in [3.8, 4) is 0 Å². The molecule has 0 aliphatic carbocycles. The molecule has 1 N–H and O–H groups in total. The Kier molecular flexibility index (Phi) is 39.5. The maximum absolute atomic E-state index is 11.8. The molecule has 10 nitrogen and oxygen atoms in total. The summed E-state index contributed by atoms with van der Waals surface area (Å²) in [4.78, 5) is 33.9. The van der Waals surface area contributed by atoms with Crippen LogP contribution in [-0.4, -0.2) is 62.4 Å². The number of carboxylic acids is 1. The summed E-state index contributed by atoms with van der Waals surface area (Å²) in [6.45, 7) is 2.43. The number of carboxylic acid groups (broad SMARTS) is 1. The number of aliphatic carboxylic acids is 1. The number of hydrogen-bond acceptors (Lipinski definition) is 9. The monoisotopic (exact) mass is 616 g/mol. The van der Waals surface area contributed by atoms with Crippen molar-refractivity contribution >= 4 is 28.0 Å². The van der Waals surface area contributed by atoms with Crippen molar-refractivity contribution in [3.05, 3.63) is 12.2 Å².